The normalized spacial score (nSPS) is 11.2. The summed E-state index contributed by atoms with van der Waals surface area (Å²) in [5.41, 5.74) is 2.90. The molecule has 0 saturated heterocycles. The van der Waals surface area contributed by atoms with Crippen LogP contribution in [-0.2, 0) is 0 Å². The third-order valence-corrected chi connectivity index (χ3v) is 4.91. The quantitative estimate of drug-likeness (QED) is 0.502. The molecule has 0 unspecified atom stereocenters. The van der Waals surface area contributed by atoms with Crippen molar-refractivity contribution in [1.82, 2.24) is 4.98 Å². The zero-order valence-corrected chi connectivity index (χ0v) is 15.5. The standard InChI is InChI=1S/C19H12Cl2N2OS/c1-24-15-5-2-12(3-6-15)8-13(10-22)19-23-18(11-25-19)16-7-4-14(20)9-17(16)21/h2-9,11H,1H3/b13-8+. The van der Waals surface area contributed by atoms with Gasteiger partial charge in [0, 0.05) is 16.0 Å². The average Bonchev–Trinajstić information content (AvgIpc) is 3.09. The van der Waals surface area contributed by atoms with Gasteiger partial charge in [-0.05, 0) is 42.0 Å². The van der Waals surface area contributed by atoms with E-state index < -0.39 is 0 Å². The van der Waals surface area contributed by atoms with Crippen LogP contribution in [0.1, 0.15) is 10.6 Å². The van der Waals surface area contributed by atoms with Gasteiger partial charge in [-0.25, -0.2) is 4.98 Å². The highest BCUT2D eigenvalue weighted by Crippen LogP contribution is 2.33. The molecule has 0 aliphatic carbocycles. The maximum atomic E-state index is 9.49. The number of methoxy groups -OCH3 is 1. The van der Waals surface area contributed by atoms with Crippen LogP contribution in [0.4, 0.5) is 0 Å². The summed E-state index contributed by atoms with van der Waals surface area (Å²) in [5, 5.41) is 13.1. The Labute approximate surface area is 159 Å². The molecule has 0 amide bonds. The van der Waals surface area contributed by atoms with Crippen LogP contribution in [0.2, 0.25) is 10.0 Å². The Bertz CT molecular complexity index is 972. The van der Waals surface area contributed by atoms with Crippen molar-refractivity contribution in [2.24, 2.45) is 0 Å². The summed E-state index contributed by atoms with van der Waals surface area (Å²) < 4.78 is 5.14. The first kappa shape index (κ1) is 17.5. The van der Waals surface area contributed by atoms with E-state index in [1.807, 2.05) is 35.7 Å². The van der Waals surface area contributed by atoms with Gasteiger partial charge in [0.1, 0.15) is 16.8 Å². The van der Waals surface area contributed by atoms with Crippen molar-refractivity contribution in [2.75, 3.05) is 7.11 Å². The van der Waals surface area contributed by atoms with Crippen LogP contribution in [0.5, 0.6) is 5.75 Å². The van der Waals surface area contributed by atoms with Crippen molar-refractivity contribution in [1.29, 1.82) is 5.26 Å². The maximum Gasteiger partial charge on any atom is 0.134 e. The molecule has 0 spiro atoms. The Kier molecular flexibility index (Phi) is 5.40. The van der Waals surface area contributed by atoms with Crippen LogP contribution in [-0.4, -0.2) is 12.1 Å². The Morgan fingerprint density at radius 3 is 2.60 bits per heavy atom. The van der Waals surface area contributed by atoms with Crippen molar-refractivity contribution < 1.29 is 4.74 Å². The Balaban J connectivity index is 1.93. The molecule has 0 aliphatic heterocycles. The molecule has 0 N–H and O–H groups in total. The topological polar surface area (TPSA) is 45.9 Å². The number of benzene rings is 2. The number of hydrogen-bond donors (Lipinski definition) is 0. The third-order valence-electron chi connectivity index (χ3n) is 3.49. The summed E-state index contributed by atoms with van der Waals surface area (Å²) in [5.74, 6) is 0.768. The number of aromatic nitrogens is 1. The summed E-state index contributed by atoms with van der Waals surface area (Å²) in [6.07, 6.45) is 1.80. The Morgan fingerprint density at radius 2 is 1.96 bits per heavy atom. The minimum atomic E-state index is 0.492. The van der Waals surface area contributed by atoms with Gasteiger partial charge in [0.25, 0.3) is 0 Å². The van der Waals surface area contributed by atoms with Gasteiger partial charge in [0.2, 0.25) is 0 Å². The highest BCUT2D eigenvalue weighted by molar-refractivity contribution is 7.11. The molecule has 2 aromatic carbocycles. The van der Waals surface area contributed by atoms with E-state index in [0.29, 0.717) is 20.6 Å². The lowest BCUT2D eigenvalue weighted by Gasteiger charge is -2.01. The molecule has 0 radical (unpaired) electrons. The molecule has 0 fully saturated rings. The van der Waals surface area contributed by atoms with Crippen LogP contribution in [0.25, 0.3) is 22.9 Å². The largest absolute Gasteiger partial charge is 0.497 e. The first-order chi connectivity index (χ1) is 12.1. The second-order valence-corrected chi connectivity index (χ2v) is 6.81. The summed E-state index contributed by atoms with van der Waals surface area (Å²) >= 11 is 13.6. The van der Waals surface area contributed by atoms with Crippen molar-refractivity contribution in [3.8, 4) is 23.1 Å². The lowest BCUT2D eigenvalue weighted by molar-refractivity contribution is 0.415. The van der Waals surface area contributed by atoms with E-state index in [2.05, 4.69) is 11.1 Å². The molecule has 0 bridgehead atoms. The summed E-state index contributed by atoms with van der Waals surface area (Å²) in [4.78, 5) is 4.55. The number of nitriles is 1. The summed E-state index contributed by atoms with van der Waals surface area (Å²) in [6, 6.07) is 14.9. The van der Waals surface area contributed by atoms with Crippen LogP contribution >= 0.6 is 34.5 Å². The lowest BCUT2D eigenvalue weighted by Crippen LogP contribution is -1.85. The fourth-order valence-corrected chi connectivity index (χ4v) is 3.52. The minimum absolute atomic E-state index is 0.492. The minimum Gasteiger partial charge on any atom is -0.497 e. The van der Waals surface area contributed by atoms with Gasteiger partial charge in [-0.15, -0.1) is 11.3 Å². The van der Waals surface area contributed by atoms with E-state index in [4.69, 9.17) is 27.9 Å². The molecule has 25 heavy (non-hydrogen) atoms. The third kappa shape index (κ3) is 4.02. The number of allylic oxidation sites excluding steroid dienone is 1. The molecule has 1 aromatic heterocycles. The fourth-order valence-electron chi connectivity index (χ4n) is 2.23. The molecule has 1 heterocycles. The predicted molar refractivity (Wildman–Crippen MR) is 104 cm³/mol. The van der Waals surface area contributed by atoms with Gasteiger partial charge < -0.3 is 4.74 Å². The molecule has 3 nitrogen and oxygen atoms in total. The highest BCUT2D eigenvalue weighted by atomic mass is 35.5. The Morgan fingerprint density at radius 1 is 1.20 bits per heavy atom. The SMILES string of the molecule is COc1ccc(/C=C(\C#N)c2nc(-c3ccc(Cl)cc3Cl)cs2)cc1. The van der Waals surface area contributed by atoms with Gasteiger partial charge in [0.15, 0.2) is 0 Å². The van der Waals surface area contributed by atoms with E-state index in [1.165, 1.54) is 11.3 Å². The number of rotatable bonds is 4. The molecule has 124 valence electrons. The van der Waals surface area contributed by atoms with Crippen LogP contribution in [0, 0.1) is 11.3 Å². The number of nitrogens with zero attached hydrogens (tertiary/aromatic N) is 2. The monoisotopic (exact) mass is 386 g/mol. The van der Waals surface area contributed by atoms with Gasteiger partial charge >= 0.3 is 0 Å². The van der Waals surface area contributed by atoms with Gasteiger partial charge in [-0.3, -0.25) is 0 Å². The number of ether oxygens (including phenoxy) is 1. The smallest absolute Gasteiger partial charge is 0.134 e. The van der Waals surface area contributed by atoms with E-state index in [9.17, 15) is 5.26 Å². The first-order valence-electron chi connectivity index (χ1n) is 7.28. The lowest BCUT2D eigenvalue weighted by atomic mass is 10.1. The van der Waals surface area contributed by atoms with Crippen molar-refractivity contribution in [2.45, 2.75) is 0 Å². The first-order valence-corrected chi connectivity index (χ1v) is 8.91. The number of thiazole rings is 1. The summed E-state index contributed by atoms with van der Waals surface area (Å²) in [7, 11) is 1.62. The summed E-state index contributed by atoms with van der Waals surface area (Å²) in [6.45, 7) is 0. The highest BCUT2D eigenvalue weighted by Gasteiger charge is 2.12. The van der Waals surface area contributed by atoms with Crippen molar-refractivity contribution >= 4 is 46.2 Å². The molecular weight excluding hydrogens is 375 g/mol. The molecule has 3 aromatic rings. The number of hydrogen-bond acceptors (Lipinski definition) is 4. The van der Waals surface area contributed by atoms with Gasteiger partial charge in [0.05, 0.1) is 23.4 Å². The van der Waals surface area contributed by atoms with E-state index in [0.717, 1.165) is 22.6 Å². The van der Waals surface area contributed by atoms with E-state index in [1.54, 1.807) is 25.3 Å². The van der Waals surface area contributed by atoms with Crippen molar-refractivity contribution in [3.63, 3.8) is 0 Å². The molecule has 0 saturated carbocycles. The molecule has 3 rings (SSSR count). The average molecular weight is 387 g/mol. The second kappa shape index (κ2) is 7.71. The fraction of sp³-hybridized carbons (Fsp3) is 0.0526. The molecular formula is C19H12Cl2N2OS. The van der Waals surface area contributed by atoms with Gasteiger partial charge in [-0.2, -0.15) is 5.26 Å². The van der Waals surface area contributed by atoms with Gasteiger partial charge in [-0.1, -0.05) is 35.3 Å². The second-order valence-electron chi connectivity index (χ2n) is 5.11. The predicted octanol–water partition coefficient (Wildman–Crippen LogP) is 6.19. The number of halogens is 2. The molecule has 0 aliphatic rings. The zero-order valence-electron chi connectivity index (χ0n) is 13.2. The maximum absolute atomic E-state index is 9.49. The van der Waals surface area contributed by atoms with E-state index >= 15 is 0 Å². The van der Waals surface area contributed by atoms with Crippen LogP contribution in [0.15, 0.2) is 47.8 Å². The molecule has 0 atom stereocenters. The van der Waals surface area contributed by atoms with E-state index in [-0.39, 0.29) is 0 Å². The van der Waals surface area contributed by atoms with Crippen LogP contribution < -0.4 is 4.74 Å². The molecule has 6 heteroatoms. The van der Waals surface area contributed by atoms with Crippen LogP contribution in [0.3, 0.4) is 0 Å². The zero-order chi connectivity index (χ0) is 17.8. The van der Waals surface area contributed by atoms with Crippen molar-refractivity contribution in [3.05, 3.63) is 68.5 Å². The Hall–Kier alpha value is -2.32.